The molecule has 1 amide bonds. The van der Waals surface area contributed by atoms with Crippen molar-refractivity contribution < 1.29 is 18.0 Å². The van der Waals surface area contributed by atoms with Crippen molar-refractivity contribution in [3.63, 3.8) is 0 Å². The second-order valence-electron chi connectivity index (χ2n) is 5.30. The van der Waals surface area contributed by atoms with Gasteiger partial charge in [0.1, 0.15) is 5.82 Å². The molecule has 0 spiro atoms. The van der Waals surface area contributed by atoms with Gasteiger partial charge in [-0.05, 0) is 36.4 Å². The largest absolute Gasteiger partial charge is 0.418 e. The molecule has 0 saturated carbocycles. The van der Waals surface area contributed by atoms with Crippen LogP contribution in [-0.2, 0) is 6.18 Å². The zero-order chi connectivity index (χ0) is 18.6. The molecule has 0 atom stereocenters. The Labute approximate surface area is 146 Å². The number of nitrogens with zero attached hydrogens (tertiary/aromatic N) is 2. The zero-order valence-corrected chi connectivity index (χ0v) is 13.3. The summed E-state index contributed by atoms with van der Waals surface area (Å²) in [6.45, 7) is 0. The first-order chi connectivity index (χ1) is 12.4. The first kappa shape index (κ1) is 17.4. The molecule has 0 aliphatic carbocycles. The van der Waals surface area contributed by atoms with Crippen molar-refractivity contribution in [2.75, 3.05) is 10.6 Å². The summed E-state index contributed by atoms with van der Waals surface area (Å²) in [6, 6.07) is 11.4. The van der Waals surface area contributed by atoms with Crippen molar-refractivity contribution >= 4 is 23.1 Å². The number of anilines is 3. The van der Waals surface area contributed by atoms with Crippen LogP contribution in [0.1, 0.15) is 15.9 Å². The molecule has 3 rings (SSSR count). The van der Waals surface area contributed by atoms with E-state index in [-0.39, 0.29) is 17.4 Å². The minimum absolute atomic E-state index is 0.0751. The van der Waals surface area contributed by atoms with E-state index in [0.29, 0.717) is 11.3 Å². The molecule has 0 bridgehead atoms. The monoisotopic (exact) mass is 358 g/mol. The number of pyridine rings is 2. The van der Waals surface area contributed by atoms with Crippen LogP contribution in [0.15, 0.2) is 67.1 Å². The van der Waals surface area contributed by atoms with E-state index >= 15 is 0 Å². The van der Waals surface area contributed by atoms with Gasteiger partial charge in [0.25, 0.3) is 5.91 Å². The normalized spacial score (nSPS) is 11.0. The number of benzene rings is 1. The Balaban J connectivity index is 1.72. The zero-order valence-electron chi connectivity index (χ0n) is 13.3. The highest BCUT2D eigenvalue weighted by Gasteiger charge is 2.33. The number of nitrogens with one attached hydrogen (secondary N) is 2. The molecule has 0 aliphatic rings. The van der Waals surface area contributed by atoms with Gasteiger partial charge in [0.05, 0.1) is 28.7 Å². The number of alkyl halides is 3. The van der Waals surface area contributed by atoms with Crippen molar-refractivity contribution in [3.05, 3.63) is 78.2 Å². The topological polar surface area (TPSA) is 66.9 Å². The fourth-order valence-electron chi connectivity index (χ4n) is 2.22. The predicted octanol–water partition coefficient (Wildman–Crippen LogP) is 4.49. The lowest BCUT2D eigenvalue weighted by Crippen LogP contribution is -2.13. The number of halogens is 3. The highest BCUT2D eigenvalue weighted by Crippen LogP contribution is 2.35. The highest BCUT2D eigenvalue weighted by atomic mass is 19.4. The maximum absolute atomic E-state index is 13.0. The fourth-order valence-corrected chi connectivity index (χ4v) is 2.22. The van der Waals surface area contributed by atoms with Crippen LogP contribution in [0.3, 0.4) is 0 Å². The van der Waals surface area contributed by atoms with E-state index in [4.69, 9.17) is 0 Å². The molecular formula is C18H13F3N4O. The van der Waals surface area contributed by atoms with Gasteiger partial charge in [-0.1, -0.05) is 12.1 Å². The Morgan fingerprint density at radius 1 is 0.962 bits per heavy atom. The van der Waals surface area contributed by atoms with Gasteiger partial charge in [-0.25, -0.2) is 4.98 Å². The van der Waals surface area contributed by atoms with E-state index in [1.54, 1.807) is 18.3 Å². The summed E-state index contributed by atoms with van der Waals surface area (Å²) in [7, 11) is 0. The Kier molecular flexibility index (Phi) is 4.83. The summed E-state index contributed by atoms with van der Waals surface area (Å²) >= 11 is 0. The number of aromatic nitrogens is 2. The highest BCUT2D eigenvalue weighted by molar-refractivity contribution is 6.03. The Hall–Kier alpha value is -3.42. The molecule has 0 fully saturated rings. The third-order valence-corrected chi connectivity index (χ3v) is 3.44. The Morgan fingerprint density at radius 3 is 2.42 bits per heavy atom. The van der Waals surface area contributed by atoms with Crippen LogP contribution in [0.4, 0.5) is 30.4 Å². The molecule has 3 aromatic rings. The van der Waals surface area contributed by atoms with Crippen LogP contribution in [0.2, 0.25) is 0 Å². The van der Waals surface area contributed by atoms with Crippen LogP contribution < -0.4 is 10.6 Å². The van der Waals surface area contributed by atoms with Crippen molar-refractivity contribution in [1.82, 2.24) is 9.97 Å². The van der Waals surface area contributed by atoms with E-state index in [9.17, 15) is 18.0 Å². The number of hydrogen-bond acceptors (Lipinski definition) is 4. The summed E-state index contributed by atoms with van der Waals surface area (Å²) in [5, 5.41) is 5.27. The summed E-state index contributed by atoms with van der Waals surface area (Å²) in [6.07, 6.45) is -0.158. The first-order valence-corrected chi connectivity index (χ1v) is 7.54. The third kappa shape index (κ3) is 4.15. The standard InChI is InChI=1S/C18H13F3N4O/c19-18(20,21)14-5-1-2-6-15(14)24-13-7-8-16(23-11-13)25-17(26)12-4-3-9-22-10-12/h1-11,24H,(H,23,25,26). The van der Waals surface area contributed by atoms with Gasteiger partial charge < -0.3 is 10.6 Å². The van der Waals surface area contributed by atoms with E-state index in [1.807, 2.05) is 0 Å². The van der Waals surface area contributed by atoms with Gasteiger partial charge in [-0.2, -0.15) is 13.2 Å². The molecular weight excluding hydrogens is 345 g/mol. The van der Waals surface area contributed by atoms with Gasteiger partial charge in [0.2, 0.25) is 0 Å². The SMILES string of the molecule is O=C(Nc1ccc(Nc2ccccc2C(F)(F)F)cn1)c1cccnc1. The Morgan fingerprint density at radius 2 is 1.77 bits per heavy atom. The number of amides is 1. The molecule has 0 aliphatic heterocycles. The summed E-state index contributed by atoms with van der Waals surface area (Å²) in [5.74, 6) is -0.109. The van der Waals surface area contributed by atoms with E-state index in [1.165, 1.54) is 42.7 Å². The van der Waals surface area contributed by atoms with Crippen LogP contribution in [0.25, 0.3) is 0 Å². The van der Waals surface area contributed by atoms with Crippen LogP contribution in [-0.4, -0.2) is 15.9 Å². The van der Waals surface area contributed by atoms with E-state index < -0.39 is 11.7 Å². The van der Waals surface area contributed by atoms with Crippen molar-refractivity contribution in [2.45, 2.75) is 6.18 Å². The molecule has 2 N–H and O–H groups in total. The molecule has 1 aromatic carbocycles. The minimum Gasteiger partial charge on any atom is -0.354 e. The smallest absolute Gasteiger partial charge is 0.354 e. The molecule has 132 valence electrons. The molecule has 0 radical (unpaired) electrons. The number of hydrogen-bond donors (Lipinski definition) is 2. The summed E-state index contributed by atoms with van der Waals surface area (Å²) in [4.78, 5) is 19.9. The minimum atomic E-state index is -4.46. The predicted molar refractivity (Wildman–Crippen MR) is 91.2 cm³/mol. The van der Waals surface area contributed by atoms with Crippen molar-refractivity contribution in [3.8, 4) is 0 Å². The summed E-state index contributed by atoms with van der Waals surface area (Å²) < 4.78 is 39.0. The third-order valence-electron chi connectivity index (χ3n) is 3.44. The number of rotatable bonds is 4. The lowest BCUT2D eigenvalue weighted by molar-refractivity contribution is -0.136. The van der Waals surface area contributed by atoms with Crippen LogP contribution >= 0.6 is 0 Å². The lowest BCUT2D eigenvalue weighted by Gasteiger charge is -2.14. The van der Waals surface area contributed by atoms with Gasteiger partial charge in [0.15, 0.2) is 0 Å². The molecule has 2 heterocycles. The van der Waals surface area contributed by atoms with Crippen molar-refractivity contribution in [1.29, 1.82) is 0 Å². The molecule has 0 saturated heterocycles. The lowest BCUT2D eigenvalue weighted by atomic mass is 10.1. The molecule has 0 unspecified atom stereocenters. The number of carbonyl (C=O) groups is 1. The average molecular weight is 358 g/mol. The Bertz CT molecular complexity index is 896. The second kappa shape index (κ2) is 7.22. The van der Waals surface area contributed by atoms with Gasteiger partial charge in [-0.3, -0.25) is 9.78 Å². The molecule has 2 aromatic heterocycles. The maximum Gasteiger partial charge on any atom is 0.418 e. The molecule has 8 heteroatoms. The van der Waals surface area contributed by atoms with Gasteiger partial charge in [0, 0.05) is 12.4 Å². The van der Waals surface area contributed by atoms with E-state index in [2.05, 4.69) is 20.6 Å². The quantitative estimate of drug-likeness (QED) is 0.721. The summed E-state index contributed by atoms with van der Waals surface area (Å²) in [5.41, 5.74) is -0.111. The van der Waals surface area contributed by atoms with Crippen molar-refractivity contribution in [2.24, 2.45) is 0 Å². The molecule has 5 nitrogen and oxygen atoms in total. The van der Waals surface area contributed by atoms with Crippen LogP contribution in [0, 0.1) is 0 Å². The van der Waals surface area contributed by atoms with Gasteiger partial charge in [-0.15, -0.1) is 0 Å². The number of para-hydroxylation sites is 1. The fraction of sp³-hybridized carbons (Fsp3) is 0.0556. The maximum atomic E-state index is 13.0. The number of carbonyl (C=O) groups excluding carboxylic acids is 1. The average Bonchev–Trinajstić information content (AvgIpc) is 2.63. The van der Waals surface area contributed by atoms with Gasteiger partial charge >= 0.3 is 6.18 Å². The second-order valence-corrected chi connectivity index (χ2v) is 5.30. The molecule has 26 heavy (non-hydrogen) atoms. The first-order valence-electron chi connectivity index (χ1n) is 7.54. The van der Waals surface area contributed by atoms with Crippen LogP contribution in [0.5, 0.6) is 0 Å². The van der Waals surface area contributed by atoms with E-state index in [0.717, 1.165) is 6.07 Å².